The van der Waals surface area contributed by atoms with Crippen molar-refractivity contribution in [2.75, 3.05) is 0 Å². The van der Waals surface area contributed by atoms with E-state index < -0.39 is 12.2 Å². The predicted molar refractivity (Wildman–Crippen MR) is 45.8 cm³/mol. The molecule has 2 rings (SSSR count). The van der Waals surface area contributed by atoms with Crippen LogP contribution in [0.5, 0.6) is 0 Å². The Kier molecular flexibility index (Phi) is 1.67. The molecule has 2 nitrogen and oxygen atoms in total. The van der Waals surface area contributed by atoms with E-state index in [2.05, 4.69) is 0 Å². The molecule has 1 aromatic carbocycles. The summed E-state index contributed by atoms with van der Waals surface area (Å²) in [4.78, 5) is 0. The topological polar surface area (TPSA) is 40.5 Å². The fourth-order valence-corrected chi connectivity index (χ4v) is 1.84. The Labute approximate surface area is 71.5 Å². The molecule has 0 fully saturated rings. The van der Waals surface area contributed by atoms with Crippen molar-refractivity contribution in [1.82, 2.24) is 0 Å². The molecule has 1 aliphatic carbocycles. The van der Waals surface area contributed by atoms with Crippen LogP contribution in [0.3, 0.4) is 0 Å². The number of aliphatic hydroxyl groups is 2. The molecule has 3 atom stereocenters. The zero-order valence-corrected chi connectivity index (χ0v) is 6.94. The van der Waals surface area contributed by atoms with Gasteiger partial charge < -0.3 is 10.2 Å². The molecule has 0 heterocycles. The van der Waals surface area contributed by atoms with E-state index in [-0.39, 0.29) is 5.92 Å². The normalized spacial score (nSPS) is 33.4. The summed E-state index contributed by atoms with van der Waals surface area (Å²) in [7, 11) is 0. The van der Waals surface area contributed by atoms with E-state index in [9.17, 15) is 10.2 Å². The number of benzene rings is 1. The van der Waals surface area contributed by atoms with Crippen molar-refractivity contribution in [3.8, 4) is 0 Å². The Morgan fingerprint density at radius 1 is 1.08 bits per heavy atom. The minimum atomic E-state index is -0.698. The Hall–Kier alpha value is -0.860. The molecule has 0 saturated heterocycles. The molecule has 0 unspecified atom stereocenters. The highest BCUT2D eigenvalue weighted by Gasteiger charge is 2.35. The molecule has 1 aromatic rings. The summed E-state index contributed by atoms with van der Waals surface area (Å²) in [5.41, 5.74) is 1.94. The summed E-state index contributed by atoms with van der Waals surface area (Å²) in [6, 6.07) is 7.64. The van der Waals surface area contributed by atoms with Gasteiger partial charge in [0, 0.05) is 5.92 Å². The van der Waals surface area contributed by atoms with Gasteiger partial charge in [-0.15, -0.1) is 0 Å². The number of aliphatic hydroxyl groups excluding tert-OH is 2. The van der Waals surface area contributed by atoms with Crippen LogP contribution >= 0.6 is 0 Å². The van der Waals surface area contributed by atoms with Gasteiger partial charge >= 0.3 is 0 Å². The molecule has 0 aliphatic heterocycles. The lowest BCUT2D eigenvalue weighted by molar-refractivity contribution is 0.0202. The van der Waals surface area contributed by atoms with E-state index in [0.29, 0.717) is 0 Å². The lowest BCUT2D eigenvalue weighted by Crippen LogP contribution is -2.15. The predicted octanol–water partition coefficient (Wildman–Crippen LogP) is 1.20. The summed E-state index contributed by atoms with van der Waals surface area (Å²) in [6.45, 7) is 1.93. The Balaban J connectivity index is 2.52. The first kappa shape index (κ1) is 7.77. The first-order valence-corrected chi connectivity index (χ1v) is 4.17. The zero-order valence-electron chi connectivity index (χ0n) is 6.94. The Bertz CT molecular complexity index is 267. The van der Waals surface area contributed by atoms with Crippen molar-refractivity contribution in [3.63, 3.8) is 0 Å². The number of fused-ring (bicyclic) bond motifs is 1. The largest absolute Gasteiger partial charge is 0.389 e. The van der Waals surface area contributed by atoms with E-state index in [1.165, 1.54) is 0 Å². The maximum absolute atomic E-state index is 9.57. The van der Waals surface area contributed by atoms with Gasteiger partial charge in [-0.2, -0.15) is 0 Å². The maximum atomic E-state index is 9.57. The van der Waals surface area contributed by atoms with Crippen LogP contribution in [0.25, 0.3) is 0 Å². The molecule has 1 aliphatic rings. The minimum Gasteiger partial charge on any atom is -0.389 e. The third-order valence-electron chi connectivity index (χ3n) is 2.64. The second kappa shape index (κ2) is 2.57. The van der Waals surface area contributed by atoms with Crippen molar-refractivity contribution in [1.29, 1.82) is 0 Å². The monoisotopic (exact) mass is 164 g/mol. The summed E-state index contributed by atoms with van der Waals surface area (Å²) in [6.07, 6.45) is -1.33. The van der Waals surface area contributed by atoms with E-state index in [4.69, 9.17) is 0 Å². The second-order valence-corrected chi connectivity index (χ2v) is 3.35. The third kappa shape index (κ3) is 0.886. The quantitative estimate of drug-likeness (QED) is 0.604. The molecule has 2 N–H and O–H groups in total. The van der Waals surface area contributed by atoms with Gasteiger partial charge in [0.2, 0.25) is 0 Å². The highest BCUT2D eigenvalue weighted by Crippen LogP contribution is 2.39. The summed E-state index contributed by atoms with van der Waals surface area (Å²) in [5.74, 6) is 0.0520. The Morgan fingerprint density at radius 2 is 1.67 bits per heavy atom. The van der Waals surface area contributed by atoms with Gasteiger partial charge in [0.25, 0.3) is 0 Å². The molecule has 0 bridgehead atoms. The summed E-state index contributed by atoms with van der Waals surface area (Å²) < 4.78 is 0. The lowest BCUT2D eigenvalue weighted by atomic mass is 10.0. The first-order valence-electron chi connectivity index (χ1n) is 4.17. The van der Waals surface area contributed by atoms with Crippen LogP contribution in [-0.2, 0) is 0 Å². The number of rotatable bonds is 0. The van der Waals surface area contributed by atoms with Crippen LogP contribution in [0.2, 0.25) is 0 Å². The Morgan fingerprint density at radius 3 is 2.25 bits per heavy atom. The molecule has 0 aromatic heterocycles. The molecule has 64 valence electrons. The fraction of sp³-hybridized carbons (Fsp3) is 0.400. The van der Waals surface area contributed by atoms with Crippen LogP contribution < -0.4 is 0 Å². The highest BCUT2D eigenvalue weighted by atomic mass is 16.3. The van der Waals surface area contributed by atoms with Crippen molar-refractivity contribution >= 4 is 0 Å². The van der Waals surface area contributed by atoms with Gasteiger partial charge in [-0.3, -0.25) is 0 Å². The van der Waals surface area contributed by atoms with Crippen LogP contribution in [0, 0.1) is 0 Å². The molecule has 0 saturated carbocycles. The van der Waals surface area contributed by atoms with Gasteiger partial charge in [0.05, 0.1) is 6.10 Å². The fourth-order valence-electron chi connectivity index (χ4n) is 1.84. The summed E-state index contributed by atoms with van der Waals surface area (Å²) >= 11 is 0. The van der Waals surface area contributed by atoms with Crippen molar-refractivity contribution in [2.24, 2.45) is 0 Å². The van der Waals surface area contributed by atoms with Crippen LogP contribution in [0.15, 0.2) is 24.3 Å². The van der Waals surface area contributed by atoms with E-state index in [1.807, 2.05) is 31.2 Å². The number of hydrogen-bond acceptors (Lipinski definition) is 2. The van der Waals surface area contributed by atoms with Crippen LogP contribution in [0.1, 0.15) is 30.1 Å². The molecule has 0 spiro atoms. The zero-order chi connectivity index (χ0) is 8.72. The van der Waals surface area contributed by atoms with Crippen molar-refractivity contribution in [2.45, 2.75) is 25.0 Å². The summed E-state index contributed by atoms with van der Waals surface area (Å²) in [5, 5.41) is 19.1. The van der Waals surface area contributed by atoms with E-state index in [0.717, 1.165) is 11.1 Å². The van der Waals surface area contributed by atoms with Gasteiger partial charge in [0.15, 0.2) is 0 Å². The first-order chi connectivity index (χ1) is 5.72. The SMILES string of the molecule is C[C@@H]1c2ccccc2[C@@H](O)[C@H]1O. The molecule has 2 heteroatoms. The average molecular weight is 164 g/mol. The molecule has 12 heavy (non-hydrogen) atoms. The minimum absolute atomic E-state index is 0.0520. The highest BCUT2D eigenvalue weighted by molar-refractivity contribution is 5.38. The second-order valence-electron chi connectivity index (χ2n) is 3.35. The van der Waals surface area contributed by atoms with Crippen LogP contribution in [0.4, 0.5) is 0 Å². The lowest BCUT2D eigenvalue weighted by Gasteiger charge is -2.11. The van der Waals surface area contributed by atoms with E-state index in [1.54, 1.807) is 0 Å². The third-order valence-corrected chi connectivity index (χ3v) is 2.64. The van der Waals surface area contributed by atoms with Crippen molar-refractivity contribution in [3.05, 3.63) is 35.4 Å². The van der Waals surface area contributed by atoms with Crippen molar-refractivity contribution < 1.29 is 10.2 Å². The molecular formula is C10H12O2. The smallest absolute Gasteiger partial charge is 0.106 e. The van der Waals surface area contributed by atoms with Gasteiger partial charge in [-0.25, -0.2) is 0 Å². The number of hydrogen-bond donors (Lipinski definition) is 2. The molecule has 0 amide bonds. The standard InChI is InChI=1S/C10H12O2/c1-6-7-4-2-3-5-8(7)10(12)9(6)11/h2-6,9-12H,1H3/t6-,9+,10-/m1/s1. The molecule has 0 radical (unpaired) electrons. The average Bonchev–Trinajstić information content (AvgIpc) is 2.33. The van der Waals surface area contributed by atoms with Gasteiger partial charge in [-0.1, -0.05) is 31.2 Å². The van der Waals surface area contributed by atoms with Crippen LogP contribution in [-0.4, -0.2) is 16.3 Å². The van der Waals surface area contributed by atoms with Gasteiger partial charge in [-0.05, 0) is 11.1 Å². The maximum Gasteiger partial charge on any atom is 0.106 e. The molecular weight excluding hydrogens is 152 g/mol. The van der Waals surface area contributed by atoms with Gasteiger partial charge in [0.1, 0.15) is 6.10 Å². The van der Waals surface area contributed by atoms with E-state index >= 15 is 0 Å².